The smallest absolute Gasteiger partial charge is 0.170 e. The molecule has 0 heterocycles. The molecule has 0 radical (unpaired) electrons. The van der Waals surface area contributed by atoms with Crippen LogP contribution in [-0.2, 0) is 4.74 Å². The summed E-state index contributed by atoms with van der Waals surface area (Å²) in [5.41, 5.74) is 3.54. The highest BCUT2D eigenvalue weighted by molar-refractivity contribution is 7.80. The van der Waals surface area contributed by atoms with Crippen molar-refractivity contribution in [3.8, 4) is 0 Å². The van der Waals surface area contributed by atoms with Crippen molar-refractivity contribution >= 4 is 23.0 Å². The normalized spacial score (nSPS) is 12.0. The summed E-state index contributed by atoms with van der Waals surface area (Å²) in [7, 11) is 0. The minimum atomic E-state index is 0.116. The molecule has 0 fully saturated rings. The maximum absolute atomic E-state index is 5.86. The van der Waals surface area contributed by atoms with E-state index in [0.717, 1.165) is 18.7 Å². The maximum atomic E-state index is 5.86. The van der Waals surface area contributed by atoms with Gasteiger partial charge in [0.15, 0.2) is 5.11 Å². The van der Waals surface area contributed by atoms with E-state index in [0.29, 0.717) is 17.6 Å². The molecule has 134 valence electrons. The SMILES string of the molecule is CC(C)c1ccc(NC(=S)NCCCO[C@H](C)c2ccccc2)cc1. The zero-order chi connectivity index (χ0) is 18.1. The number of anilines is 1. The Labute approximate surface area is 156 Å². The zero-order valence-corrected chi connectivity index (χ0v) is 16.1. The van der Waals surface area contributed by atoms with E-state index in [9.17, 15) is 0 Å². The van der Waals surface area contributed by atoms with Crippen molar-refractivity contribution < 1.29 is 4.74 Å². The average Bonchev–Trinajstić information content (AvgIpc) is 2.62. The van der Waals surface area contributed by atoms with Gasteiger partial charge in [-0.25, -0.2) is 0 Å². The Balaban J connectivity index is 1.62. The molecule has 0 spiro atoms. The fourth-order valence-electron chi connectivity index (χ4n) is 2.48. The molecule has 0 aromatic heterocycles. The van der Waals surface area contributed by atoms with E-state index in [-0.39, 0.29) is 6.10 Å². The Morgan fingerprint density at radius 3 is 2.28 bits per heavy atom. The van der Waals surface area contributed by atoms with Crippen LogP contribution in [0, 0.1) is 0 Å². The molecule has 0 aliphatic rings. The quantitative estimate of drug-likeness (QED) is 0.499. The molecule has 3 nitrogen and oxygen atoms in total. The molecule has 0 bridgehead atoms. The molecule has 4 heteroatoms. The fraction of sp³-hybridized carbons (Fsp3) is 0.381. The van der Waals surface area contributed by atoms with Crippen molar-refractivity contribution in [1.82, 2.24) is 5.32 Å². The average molecular weight is 357 g/mol. The highest BCUT2D eigenvalue weighted by Crippen LogP contribution is 2.17. The molecule has 2 aromatic rings. The largest absolute Gasteiger partial charge is 0.374 e. The van der Waals surface area contributed by atoms with Crippen LogP contribution in [0.4, 0.5) is 5.69 Å². The number of rotatable bonds is 8. The summed E-state index contributed by atoms with van der Waals surface area (Å²) in [6, 6.07) is 18.7. The Bertz CT molecular complexity index is 641. The van der Waals surface area contributed by atoms with E-state index in [1.807, 2.05) is 18.2 Å². The van der Waals surface area contributed by atoms with Gasteiger partial charge < -0.3 is 15.4 Å². The molecule has 2 rings (SSSR count). The third-order valence-electron chi connectivity index (χ3n) is 4.08. The van der Waals surface area contributed by atoms with Crippen LogP contribution >= 0.6 is 12.2 Å². The van der Waals surface area contributed by atoms with Crippen LogP contribution < -0.4 is 10.6 Å². The molecule has 0 unspecified atom stereocenters. The van der Waals surface area contributed by atoms with Gasteiger partial charge in [-0.1, -0.05) is 56.3 Å². The highest BCUT2D eigenvalue weighted by Gasteiger charge is 2.04. The molecular weight excluding hydrogens is 328 g/mol. The van der Waals surface area contributed by atoms with Crippen molar-refractivity contribution in [3.63, 3.8) is 0 Å². The number of hydrogen-bond acceptors (Lipinski definition) is 2. The minimum Gasteiger partial charge on any atom is -0.374 e. The van der Waals surface area contributed by atoms with E-state index >= 15 is 0 Å². The fourth-order valence-corrected chi connectivity index (χ4v) is 2.70. The van der Waals surface area contributed by atoms with E-state index < -0.39 is 0 Å². The van der Waals surface area contributed by atoms with Crippen LogP contribution in [0.1, 0.15) is 50.3 Å². The van der Waals surface area contributed by atoms with Crippen molar-refractivity contribution in [2.24, 2.45) is 0 Å². The van der Waals surface area contributed by atoms with Crippen LogP contribution in [0.3, 0.4) is 0 Å². The van der Waals surface area contributed by atoms with E-state index in [4.69, 9.17) is 17.0 Å². The van der Waals surface area contributed by atoms with E-state index in [1.165, 1.54) is 11.1 Å². The first-order valence-corrected chi connectivity index (χ1v) is 9.28. The molecular formula is C21H28N2OS. The third kappa shape index (κ3) is 6.85. The number of ether oxygens (including phenoxy) is 1. The molecule has 25 heavy (non-hydrogen) atoms. The Kier molecular flexibility index (Phi) is 7.89. The van der Waals surface area contributed by atoms with Gasteiger partial charge in [-0.3, -0.25) is 0 Å². The summed E-state index contributed by atoms with van der Waals surface area (Å²) in [5, 5.41) is 7.08. The summed E-state index contributed by atoms with van der Waals surface area (Å²) in [4.78, 5) is 0. The van der Waals surface area contributed by atoms with Gasteiger partial charge in [0, 0.05) is 18.8 Å². The summed E-state index contributed by atoms with van der Waals surface area (Å²) >= 11 is 5.34. The van der Waals surface area contributed by atoms with Crippen LogP contribution in [0.15, 0.2) is 54.6 Å². The van der Waals surface area contributed by atoms with Crippen LogP contribution in [-0.4, -0.2) is 18.3 Å². The lowest BCUT2D eigenvalue weighted by atomic mass is 10.0. The highest BCUT2D eigenvalue weighted by atomic mass is 32.1. The topological polar surface area (TPSA) is 33.3 Å². The van der Waals surface area contributed by atoms with Crippen LogP contribution in [0.5, 0.6) is 0 Å². The molecule has 1 atom stereocenters. The van der Waals surface area contributed by atoms with Crippen molar-refractivity contribution in [2.45, 2.75) is 39.2 Å². The van der Waals surface area contributed by atoms with Gasteiger partial charge >= 0.3 is 0 Å². The van der Waals surface area contributed by atoms with Gasteiger partial charge in [-0.2, -0.15) is 0 Å². The molecule has 0 saturated carbocycles. The number of nitrogens with one attached hydrogen (secondary N) is 2. The molecule has 2 aromatic carbocycles. The third-order valence-corrected chi connectivity index (χ3v) is 4.33. The Morgan fingerprint density at radius 2 is 1.64 bits per heavy atom. The second-order valence-corrected chi connectivity index (χ2v) is 6.84. The van der Waals surface area contributed by atoms with Gasteiger partial charge in [0.25, 0.3) is 0 Å². The van der Waals surface area contributed by atoms with Gasteiger partial charge in [0.1, 0.15) is 0 Å². The molecule has 0 saturated heterocycles. The summed E-state index contributed by atoms with van der Waals surface area (Å²) < 4.78 is 5.86. The molecule has 0 amide bonds. The van der Waals surface area contributed by atoms with Crippen molar-refractivity contribution in [2.75, 3.05) is 18.5 Å². The molecule has 2 N–H and O–H groups in total. The van der Waals surface area contributed by atoms with Crippen LogP contribution in [0.2, 0.25) is 0 Å². The van der Waals surface area contributed by atoms with Crippen molar-refractivity contribution in [1.29, 1.82) is 0 Å². The Hall–Kier alpha value is -1.91. The van der Waals surface area contributed by atoms with Gasteiger partial charge in [-0.05, 0) is 54.7 Å². The lowest BCUT2D eigenvalue weighted by molar-refractivity contribution is 0.0646. The lowest BCUT2D eigenvalue weighted by Crippen LogP contribution is -2.29. The van der Waals surface area contributed by atoms with E-state index in [1.54, 1.807) is 0 Å². The zero-order valence-electron chi connectivity index (χ0n) is 15.3. The van der Waals surface area contributed by atoms with Gasteiger partial charge in [-0.15, -0.1) is 0 Å². The minimum absolute atomic E-state index is 0.116. The monoisotopic (exact) mass is 356 g/mol. The standard InChI is InChI=1S/C21H28N2OS/c1-16(2)18-10-12-20(13-11-18)23-21(25)22-14-7-15-24-17(3)19-8-5-4-6-9-19/h4-6,8-13,16-17H,7,14-15H2,1-3H3,(H2,22,23,25)/t17-/m1/s1. The van der Waals surface area contributed by atoms with Gasteiger partial charge in [0.05, 0.1) is 6.10 Å². The number of hydrogen-bond donors (Lipinski definition) is 2. The summed E-state index contributed by atoms with van der Waals surface area (Å²) in [5.74, 6) is 0.539. The predicted octanol–water partition coefficient (Wildman–Crippen LogP) is 5.26. The first-order chi connectivity index (χ1) is 12.1. The first kappa shape index (κ1) is 19.4. The molecule has 0 aliphatic carbocycles. The lowest BCUT2D eigenvalue weighted by Gasteiger charge is -2.14. The number of benzene rings is 2. The summed E-state index contributed by atoms with van der Waals surface area (Å²) in [6.07, 6.45) is 1.02. The molecule has 0 aliphatic heterocycles. The predicted molar refractivity (Wildman–Crippen MR) is 110 cm³/mol. The Morgan fingerprint density at radius 1 is 0.960 bits per heavy atom. The van der Waals surface area contributed by atoms with E-state index in [2.05, 4.69) is 67.8 Å². The summed E-state index contributed by atoms with van der Waals surface area (Å²) in [6.45, 7) is 7.95. The van der Waals surface area contributed by atoms with Crippen molar-refractivity contribution in [3.05, 3.63) is 65.7 Å². The second-order valence-electron chi connectivity index (χ2n) is 6.43. The second kappa shape index (κ2) is 10.2. The first-order valence-electron chi connectivity index (χ1n) is 8.87. The van der Waals surface area contributed by atoms with Crippen LogP contribution in [0.25, 0.3) is 0 Å². The number of thiocarbonyl (C=S) groups is 1. The maximum Gasteiger partial charge on any atom is 0.170 e. The van der Waals surface area contributed by atoms with Gasteiger partial charge in [0.2, 0.25) is 0 Å².